The predicted molar refractivity (Wildman–Crippen MR) is 99.8 cm³/mol. The van der Waals surface area contributed by atoms with Gasteiger partial charge in [-0.15, -0.1) is 0 Å². The first kappa shape index (κ1) is 17.6. The fourth-order valence-electron chi connectivity index (χ4n) is 2.82. The second-order valence-electron chi connectivity index (χ2n) is 5.92. The third kappa shape index (κ3) is 4.66. The topological polar surface area (TPSA) is 64.1 Å². The lowest BCUT2D eigenvalue weighted by Crippen LogP contribution is -2.25. The Kier molecular flexibility index (Phi) is 5.93. The number of methoxy groups -OCH3 is 1. The molecule has 0 bridgehead atoms. The molecule has 0 fully saturated rings. The van der Waals surface area contributed by atoms with Gasteiger partial charge in [0.05, 0.1) is 19.3 Å². The van der Waals surface area contributed by atoms with Gasteiger partial charge >= 0.3 is 0 Å². The third-order valence-electron chi connectivity index (χ3n) is 4.22. The van der Waals surface area contributed by atoms with E-state index in [-0.39, 0.29) is 11.8 Å². The monoisotopic (exact) mass is 347 g/mol. The summed E-state index contributed by atoms with van der Waals surface area (Å²) in [6.07, 6.45) is 3.51. The Hall–Kier alpha value is -3.21. The summed E-state index contributed by atoms with van der Waals surface area (Å²) in [7, 11) is 1.64. The zero-order chi connectivity index (χ0) is 18.2. The number of rotatable bonds is 7. The second-order valence-corrected chi connectivity index (χ2v) is 5.92. The molecule has 0 aliphatic rings. The summed E-state index contributed by atoms with van der Waals surface area (Å²) in [5, 5.41) is 2.94. The van der Waals surface area contributed by atoms with Crippen molar-refractivity contribution < 1.29 is 9.53 Å². The first-order valence-electron chi connectivity index (χ1n) is 8.47. The number of hydrogen-bond acceptors (Lipinski definition) is 4. The Bertz CT molecular complexity index is 821. The van der Waals surface area contributed by atoms with E-state index in [2.05, 4.69) is 15.3 Å². The number of carbonyl (C=O) groups excluding carboxylic acids is 1. The normalized spacial score (nSPS) is 11.6. The molecule has 0 aliphatic carbocycles. The van der Waals surface area contributed by atoms with Gasteiger partial charge in [0, 0.05) is 18.5 Å². The summed E-state index contributed by atoms with van der Waals surface area (Å²) in [5.41, 5.74) is 2.97. The van der Waals surface area contributed by atoms with E-state index in [4.69, 9.17) is 4.74 Å². The molecule has 0 saturated heterocycles. The second kappa shape index (κ2) is 8.76. The molecule has 132 valence electrons. The number of benzene rings is 2. The van der Waals surface area contributed by atoms with Crippen LogP contribution in [0.15, 0.2) is 73.2 Å². The van der Waals surface area contributed by atoms with Crippen molar-refractivity contribution in [1.82, 2.24) is 15.3 Å². The van der Waals surface area contributed by atoms with Gasteiger partial charge in [-0.2, -0.15) is 0 Å². The maximum atomic E-state index is 12.5. The highest BCUT2D eigenvalue weighted by atomic mass is 16.5. The van der Waals surface area contributed by atoms with Crippen LogP contribution in [0.3, 0.4) is 0 Å². The van der Waals surface area contributed by atoms with Gasteiger partial charge < -0.3 is 10.1 Å². The third-order valence-corrected chi connectivity index (χ3v) is 4.22. The molecule has 5 nitrogen and oxygen atoms in total. The molecule has 2 aromatic carbocycles. The molecule has 1 heterocycles. The van der Waals surface area contributed by atoms with Crippen LogP contribution < -0.4 is 10.1 Å². The standard InChI is InChI=1S/C21H21N3O2/c1-26-19-9-7-17(8-10-19)20(16-5-3-2-4-6-16)13-21(25)23-14-18-11-12-22-15-24-18/h2-12,15,20H,13-14H2,1H3,(H,23,25)/t20-/m0/s1. The Morgan fingerprint density at radius 3 is 2.42 bits per heavy atom. The molecule has 3 rings (SSSR count). The highest BCUT2D eigenvalue weighted by Gasteiger charge is 2.18. The lowest BCUT2D eigenvalue weighted by atomic mass is 9.88. The van der Waals surface area contributed by atoms with Crippen LogP contribution in [0.5, 0.6) is 5.75 Å². The zero-order valence-corrected chi connectivity index (χ0v) is 14.6. The number of carbonyl (C=O) groups is 1. The molecule has 0 radical (unpaired) electrons. The van der Waals surface area contributed by atoms with Crippen molar-refractivity contribution in [2.75, 3.05) is 7.11 Å². The summed E-state index contributed by atoms with van der Waals surface area (Å²) in [6.45, 7) is 0.394. The van der Waals surface area contributed by atoms with Gasteiger partial charge in [0.15, 0.2) is 0 Å². The van der Waals surface area contributed by atoms with Crippen molar-refractivity contribution in [3.05, 3.63) is 90.0 Å². The first-order chi connectivity index (χ1) is 12.8. The number of amides is 1. The fourth-order valence-corrected chi connectivity index (χ4v) is 2.82. The van der Waals surface area contributed by atoms with Crippen molar-refractivity contribution in [2.45, 2.75) is 18.9 Å². The molecule has 0 aliphatic heterocycles. The molecule has 1 N–H and O–H groups in total. The van der Waals surface area contributed by atoms with Crippen LogP contribution in [0.4, 0.5) is 0 Å². The molecular weight excluding hydrogens is 326 g/mol. The minimum Gasteiger partial charge on any atom is -0.497 e. The fraction of sp³-hybridized carbons (Fsp3) is 0.190. The quantitative estimate of drug-likeness (QED) is 0.712. The molecule has 1 atom stereocenters. The summed E-state index contributed by atoms with van der Waals surface area (Å²) in [6, 6.07) is 19.7. The van der Waals surface area contributed by atoms with E-state index in [1.54, 1.807) is 19.4 Å². The van der Waals surface area contributed by atoms with Crippen LogP contribution >= 0.6 is 0 Å². The van der Waals surface area contributed by atoms with E-state index in [1.807, 2.05) is 54.6 Å². The lowest BCUT2D eigenvalue weighted by molar-refractivity contribution is -0.121. The Morgan fingerprint density at radius 1 is 1.04 bits per heavy atom. The van der Waals surface area contributed by atoms with E-state index >= 15 is 0 Å². The molecule has 26 heavy (non-hydrogen) atoms. The number of aromatic nitrogens is 2. The molecule has 1 aromatic heterocycles. The summed E-state index contributed by atoms with van der Waals surface area (Å²) in [4.78, 5) is 20.5. The Labute approximate surface area is 153 Å². The SMILES string of the molecule is COc1ccc([C@@H](CC(=O)NCc2ccncn2)c2ccccc2)cc1. The first-order valence-corrected chi connectivity index (χ1v) is 8.47. The predicted octanol–water partition coefficient (Wildman–Crippen LogP) is 3.32. The van der Waals surface area contributed by atoms with E-state index < -0.39 is 0 Å². The van der Waals surface area contributed by atoms with Crippen molar-refractivity contribution >= 4 is 5.91 Å². The maximum Gasteiger partial charge on any atom is 0.221 e. The molecule has 3 aromatic rings. The maximum absolute atomic E-state index is 12.5. The highest BCUT2D eigenvalue weighted by Crippen LogP contribution is 2.29. The summed E-state index contributed by atoms with van der Waals surface area (Å²) in [5.74, 6) is 0.759. The molecule has 1 amide bonds. The summed E-state index contributed by atoms with van der Waals surface area (Å²) < 4.78 is 5.23. The number of nitrogens with zero attached hydrogens (tertiary/aromatic N) is 2. The van der Waals surface area contributed by atoms with Gasteiger partial charge in [0.1, 0.15) is 12.1 Å². The minimum atomic E-state index is -0.0208. The van der Waals surface area contributed by atoms with Gasteiger partial charge in [-0.25, -0.2) is 9.97 Å². The van der Waals surface area contributed by atoms with Gasteiger partial charge in [0.25, 0.3) is 0 Å². The van der Waals surface area contributed by atoms with Gasteiger partial charge in [-0.05, 0) is 29.3 Å². The van der Waals surface area contributed by atoms with Gasteiger partial charge in [-0.3, -0.25) is 4.79 Å². The van der Waals surface area contributed by atoms with Crippen LogP contribution in [-0.2, 0) is 11.3 Å². The van der Waals surface area contributed by atoms with Gasteiger partial charge in [0.2, 0.25) is 5.91 Å². The van der Waals surface area contributed by atoms with E-state index in [9.17, 15) is 4.79 Å². The van der Waals surface area contributed by atoms with Crippen molar-refractivity contribution in [2.24, 2.45) is 0 Å². The summed E-state index contributed by atoms with van der Waals surface area (Å²) >= 11 is 0. The van der Waals surface area contributed by atoms with Crippen LogP contribution in [0.2, 0.25) is 0 Å². The highest BCUT2D eigenvalue weighted by molar-refractivity contribution is 5.77. The molecule has 0 unspecified atom stereocenters. The van der Waals surface area contributed by atoms with Crippen LogP contribution in [-0.4, -0.2) is 23.0 Å². The van der Waals surface area contributed by atoms with E-state index in [0.29, 0.717) is 13.0 Å². The average molecular weight is 347 g/mol. The van der Waals surface area contributed by atoms with Crippen molar-refractivity contribution in [3.8, 4) is 5.75 Å². The smallest absolute Gasteiger partial charge is 0.221 e. The Balaban J connectivity index is 1.74. The molecule has 0 spiro atoms. The number of ether oxygens (including phenoxy) is 1. The van der Waals surface area contributed by atoms with E-state index in [0.717, 1.165) is 22.6 Å². The number of nitrogens with one attached hydrogen (secondary N) is 1. The molecule has 5 heteroatoms. The number of hydrogen-bond donors (Lipinski definition) is 1. The van der Waals surface area contributed by atoms with Crippen LogP contribution in [0.25, 0.3) is 0 Å². The van der Waals surface area contributed by atoms with E-state index in [1.165, 1.54) is 6.33 Å². The largest absolute Gasteiger partial charge is 0.497 e. The van der Waals surface area contributed by atoms with Crippen LogP contribution in [0, 0.1) is 0 Å². The zero-order valence-electron chi connectivity index (χ0n) is 14.6. The molecular formula is C21H21N3O2. The van der Waals surface area contributed by atoms with Gasteiger partial charge in [-0.1, -0.05) is 42.5 Å². The minimum absolute atomic E-state index is 0.0201. The average Bonchev–Trinajstić information content (AvgIpc) is 2.72. The van der Waals surface area contributed by atoms with Crippen molar-refractivity contribution in [1.29, 1.82) is 0 Å². The Morgan fingerprint density at radius 2 is 1.77 bits per heavy atom. The molecule has 0 saturated carbocycles. The van der Waals surface area contributed by atoms with Crippen molar-refractivity contribution in [3.63, 3.8) is 0 Å². The lowest BCUT2D eigenvalue weighted by Gasteiger charge is -2.18. The van der Waals surface area contributed by atoms with Crippen LogP contribution in [0.1, 0.15) is 29.2 Å².